The predicted octanol–water partition coefficient (Wildman–Crippen LogP) is 2.31. The third kappa shape index (κ3) is 2.59. The van der Waals surface area contributed by atoms with Crippen LogP contribution in [0.5, 0.6) is 0 Å². The second kappa shape index (κ2) is 4.76. The van der Waals surface area contributed by atoms with Crippen molar-refractivity contribution in [2.45, 2.75) is 6.54 Å². The number of halogens is 3. The van der Waals surface area contributed by atoms with Crippen molar-refractivity contribution in [3.05, 3.63) is 34.1 Å². The van der Waals surface area contributed by atoms with Crippen LogP contribution >= 0.6 is 15.9 Å². The van der Waals surface area contributed by atoms with Gasteiger partial charge < -0.3 is 15.5 Å². The monoisotopic (exact) mass is 304 g/mol. The SMILES string of the molecule is NCc1nnc(Nc2cc(F)c(Br)cc2F)o1. The minimum absolute atomic E-state index is 0.0359. The Kier molecular flexibility index (Phi) is 3.34. The van der Waals surface area contributed by atoms with Gasteiger partial charge in [-0.05, 0) is 22.0 Å². The maximum absolute atomic E-state index is 13.4. The first-order valence-corrected chi connectivity index (χ1v) is 5.33. The lowest BCUT2D eigenvalue weighted by molar-refractivity contribution is 0.510. The summed E-state index contributed by atoms with van der Waals surface area (Å²) < 4.78 is 31.7. The van der Waals surface area contributed by atoms with Gasteiger partial charge in [0, 0.05) is 6.07 Å². The van der Waals surface area contributed by atoms with E-state index < -0.39 is 11.6 Å². The number of aromatic nitrogens is 2. The van der Waals surface area contributed by atoms with Crippen LogP contribution in [0.4, 0.5) is 20.5 Å². The molecule has 0 saturated carbocycles. The van der Waals surface area contributed by atoms with Crippen LogP contribution in [-0.2, 0) is 6.54 Å². The number of nitrogens with two attached hydrogens (primary N) is 1. The largest absolute Gasteiger partial charge is 0.406 e. The lowest BCUT2D eigenvalue weighted by Gasteiger charge is -2.04. The van der Waals surface area contributed by atoms with E-state index in [-0.39, 0.29) is 28.6 Å². The van der Waals surface area contributed by atoms with Crippen molar-refractivity contribution in [2.75, 3.05) is 5.32 Å². The fraction of sp³-hybridized carbons (Fsp3) is 0.111. The Morgan fingerprint density at radius 3 is 2.71 bits per heavy atom. The first-order chi connectivity index (χ1) is 8.10. The van der Waals surface area contributed by atoms with Gasteiger partial charge >= 0.3 is 6.01 Å². The van der Waals surface area contributed by atoms with Crippen LogP contribution in [-0.4, -0.2) is 10.2 Å². The molecule has 0 aliphatic heterocycles. The van der Waals surface area contributed by atoms with E-state index in [0.717, 1.165) is 12.1 Å². The standard InChI is InChI=1S/C9H7BrF2N4O/c10-4-1-6(12)7(2-5(4)11)14-9-16-15-8(3-13)17-9/h1-2H,3,13H2,(H,14,16). The molecule has 0 saturated heterocycles. The predicted molar refractivity (Wildman–Crippen MR) is 59.5 cm³/mol. The van der Waals surface area contributed by atoms with E-state index >= 15 is 0 Å². The van der Waals surface area contributed by atoms with Crippen molar-refractivity contribution in [2.24, 2.45) is 5.73 Å². The summed E-state index contributed by atoms with van der Waals surface area (Å²) in [5.41, 5.74) is 5.17. The molecule has 8 heteroatoms. The van der Waals surface area contributed by atoms with Gasteiger partial charge in [-0.15, -0.1) is 5.10 Å². The maximum atomic E-state index is 13.4. The molecule has 5 nitrogen and oxygen atoms in total. The summed E-state index contributed by atoms with van der Waals surface area (Å²) in [5.74, 6) is -1.05. The molecule has 3 N–H and O–H groups in total. The molecular weight excluding hydrogens is 298 g/mol. The topological polar surface area (TPSA) is 77.0 Å². The molecule has 1 aromatic heterocycles. The number of benzene rings is 1. The molecule has 2 rings (SSSR count). The molecule has 0 amide bonds. The van der Waals surface area contributed by atoms with Crippen LogP contribution in [0.2, 0.25) is 0 Å². The highest BCUT2D eigenvalue weighted by molar-refractivity contribution is 9.10. The number of nitrogens with one attached hydrogen (secondary N) is 1. The van der Waals surface area contributed by atoms with Gasteiger partial charge in [-0.25, -0.2) is 8.78 Å². The second-order valence-corrected chi connectivity index (χ2v) is 3.93. The van der Waals surface area contributed by atoms with E-state index in [2.05, 4.69) is 31.4 Å². The van der Waals surface area contributed by atoms with Gasteiger partial charge in [-0.2, -0.15) is 0 Å². The molecule has 1 aromatic carbocycles. The van der Waals surface area contributed by atoms with Crippen molar-refractivity contribution >= 4 is 27.6 Å². The van der Waals surface area contributed by atoms with Crippen LogP contribution in [0.1, 0.15) is 5.89 Å². The average molecular weight is 305 g/mol. The van der Waals surface area contributed by atoms with Crippen molar-refractivity contribution < 1.29 is 13.2 Å². The van der Waals surface area contributed by atoms with Crippen molar-refractivity contribution in [3.63, 3.8) is 0 Å². The highest BCUT2D eigenvalue weighted by Gasteiger charge is 2.11. The van der Waals surface area contributed by atoms with Crippen LogP contribution in [0, 0.1) is 11.6 Å². The molecule has 1 heterocycles. The summed E-state index contributed by atoms with van der Waals surface area (Å²) in [6.07, 6.45) is 0. The summed E-state index contributed by atoms with van der Waals surface area (Å²) in [5, 5.41) is 9.60. The van der Waals surface area contributed by atoms with E-state index in [0.29, 0.717) is 0 Å². The number of rotatable bonds is 3. The Morgan fingerprint density at radius 1 is 1.29 bits per heavy atom. The fourth-order valence-corrected chi connectivity index (χ4v) is 1.44. The maximum Gasteiger partial charge on any atom is 0.320 e. The Balaban J connectivity index is 2.26. The molecular formula is C9H7BrF2N4O. The number of hydrogen-bond donors (Lipinski definition) is 2. The zero-order chi connectivity index (χ0) is 12.4. The third-order valence-corrected chi connectivity index (χ3v) is 2.50. The molecule has 0 aliphatic carbocycles. The van der Waals surface area contributed by atoms with E-state index in [4.69, 9.17) is 10.2 Å². The summed E-state index contributed by atoms with van der Waals surface area (Å²) in [7, 11) is 0. The molecule has 0 aliphatic rings. The zero-order valence-electron chi connectivity index (χ0n) is 8.38. The normalized spacial score (nSPS) is 10.6. The summed E-state index contributed by atoms with van der Waals surface area (Å²) >= 11 is 2.87. The molecule has 17 heavy (non-hydrogen) atoms. The molecule has 0 atom stereocenters. The first-order valence-electron chi connectivity index (χ1n) is 4.54. The lowest BCUT2D eigenvalue weighted by atomic mass is 10.3. The van der Waals surface area contributed by atoms with Crippen LogP contribution in [0.3, 0.4) is 0 Å². The number of hydrogen-bond acceptors (Lipinski definition) is 5. The van der Waals surface area contributed by atoms with E-state index in [1.54, 1.807) is 0 Å². The molecule has 90 valence electrons. The van der Waals surface area contributed by atoms with Crippen molar-refractivity contribution in [1.82, 2.24) is 10.2 Å². The summed E-state index contributed by atoms with van der Waals surface area (Å²) in [6.45, 7) is 0.0753. The van der Waals surface area contributed by atoms with E-state index in [9.17, 15) is 8.78 Å². The Morgan fingerprint density at radius 2 is 2.06 bits per heavy atom. The molecule has 0 spiro atoms. The molecule has 0 radical (unpaired) electrons. The molecule has 0 fully saturated rings. The highest BCUT2D eigenvalue weighted by atomic mass is 79.9. The third-order valence-electron chi connectivity index (χ3n) is 1.89. The van der Waals surface area contributed by atoms with Crippen molar-refractivity contribution in [3.8, 4) is 0 Å². The first kappa shape index (κ1) is 11.9. The molecule has 0 unspecified atom stereocenters. The van der Waals surface area contributed by atoms with E-state index in [1.165, 1.54) is 0 Å². The minimum atomic E-state index is -0.647. The van der Waals surface area contributed by atoms with Gasteiger partial charge in [0.2, 0.25) is 5.89 Å². The summed E-state index contributed by atoms with van der Waals surface area (Å²) in [6, 6.07) is 1.93. The number of nitrogens with zero attached hydrogens (tertiary/aromatic N) is 2. The van der Waals surface area contributed by atoms with Crippen LogP contribution in [0.25, 0.3) is 0 Å². The average Bonchev–Trinajstić information content (AvgIpc) is 2.73. The Bertz CT molecular complexity index is 546. The van der Waals surface area contributed by atoms with Gasteiger partial charge in [0.05, 0.1) is 16.7 Å². The van der Waals surface area contributed by atoms with Crippen molar-refractivity contribution in [1.29, 1.82) is 0 Å². The van der Waals surface area contributed by atoms with Gasteiger partial charge in [-0.3, -0.25) is 0 Å². The fourth-order valence-electron chi connectivity index (χ4n) is 1.12. The Labute approximate surface area is 103 Å². The van der Waals surface area contributed by atoms with Gasteiger partial charge in [0.1, 0.15) is 11.6 Å². The van der Waals surface area contributed by atoms with Crippen LogP contribution < -0.4 is 11.1 Å². The van der Waals surface area contributed by atoms with Gasteiger partial charge in [0.15, 0.2) is 0 Å². The molecule has 0 bridgehead atoms. The van der Waals surface area contributed by atoms with E-state index in [1.807, 2.05) is 0 Å². The highest BCUT2D eigenvalue weighted by Crippen LogP contribution is 2.25. The summed E-state index contributed by atoms with van der Waals surface area (Å²) in [4.78, 5) is 0. The minimum Gasteiger partial charge on any atom is -0.406 e. The Hall–Kier alpha value is -1.54. The van der Waals surface area contributed by atoms with Gasteiger partial charge in [-0.1, -0.05) is 5.10 Å². The quantitative estimate of drug-likeness (QED) is 0.851. The number of anilines is 2. The second-order valence-electron chi connectivity index (χ2n) is 3.08. The molecule has 2 aromatic rings. The van der Waals surface area contributed by atoms with Gasteiger partial charge in [0.25, 0.3) is 0 Å². The zero-order valence-corrected chi connectivity index (χ0v) is 9.96. The van der Waals surface area contributed by atoms with Crippen LogP contribution in [0.15, 0.2) is 21.0 Å². The smallest absolute Gasteiger partial charge is 0.320 e. The lowest BCUT2D eigenvalue weighted by Crippen LogP contribution is -1.96.